The number of pyridine rings is 1. The van der Waals surface area contributed by atoms with Crippen molar-refractivity contribution in [1.82, 2.24) is 4.98 Å². The first-order chi connectivity index (χ1) is 25.8. The molecular weight excluding hydrogens is 667 g/mol. The van der Waals surface area contributed by atoms with E-state index in [1.807, 2.05) is 35.8 Å². The van der Waals surface area contributed by atoms with Gasteiger partial charge in [-0.25, -0.2) is 0 Å². The van der Waals surface area contributed by atoms with Crippen LogP contribution in [0.1, 0.15) is 44.9 Å². The van der Waals surface area contributed by atoms with Crippen LogP contribution >= 0.6 is 23.5 Å². The van der Waals surface area contributed by atoms with Gasteiger partial charge >= 0.3 is 0 Å². The van der Waals surface area contributed by atoms with Gasteiger partial charge in [0.05, 0.1) is 11.1 Å². The van der Waals surface area contributed by atoms with Crippen molar-refractivity contribution in [3.8, 4) is 33.5 Å². The summed E-state index contributed by atoms with van der Waals surface area (Å²) in [5, 5.41) is 0. The topological polar surface area (TPSA) is 12.9 Å². The van der Waals surface area contributed by atoms with E-state index in [1.165, 1.54) is 80.8 Å². The number of nitrogens with zero attached hydrogens (tertiary/aromatic N) is 1. The second-order valence-electron chi connectivity index (χ2n) is 13.8. The van der Waals surface area contributed by atoms with Gasteiger partial charge in [-0.05, 0) is 97.6 Å². The Hall–Kier alpha value is -5.61. The van der Waals surface area contributed by atoms with Crippen LogP contribution in [0.2, 0.25) is 0 Å². The average Bonchev–Trinajstić information content (AvgIpc) is 3.56. The molecule has 0 saturated carbocycles. The number of rotatable bonds is 3. The highest BCUT2D eigenvalue weighted by molar-refractivity contribution is 8.00. The molecule has 0 radical (unpaired) electrons. The van der Waals surface area contributed by atoms with Crippen molar-refractivity contribution < 1.29 is 0 Å². The molecule has 11 rings (SSSR count). The monoisotopic (exact) mass is 697 g/mol. The Kier molecular flexibility index (Phi) is 6.77. The number of aromatic nitrogens is 1. The molecule has 0 bridgehead atoms. The van der Waals surface area contributed by atoms with Crippen molar-refractivity contribution in [2.45, 2.75) is 30.9 Å². The predicted octanol–water partition coefficient (Wildman–Crippen LogP) is 12.9. The molecule has 1 aromatic heterocycles. The molecule has 3 heterocycles. The largest absolute Gasteiger partial charge is 0.256 e. The molecule has 1 nitrogen and oxygen atoms in total. The van der Waals surface area contributed by atoms with Gasteiger partial charge in [0.1, 0.15) is 0 Å². The first kappa shape index (κ1) is 30.1. The standard InChI is InChI=1S/C49H31NS2/c1-2-14-31(15-3-1)46-33-16-4-5-17-34(33)47-35(18-12-20-37(46)47)36-19-13-26-44-48(36)49(38-21-6-8-24-42(38)51-43-25-9-7-22-39(43)49)40-28-27-32(30-45(40)52-44)41-23-10-11-29-50-41/h1-30,46H. The molecule has 7 aromatic carbocycles. The molecule has 0 amide bonds. The Balaban J connectivity index is 1.24. The second kappa shape index (κ2) is 11.7. The van der Waals surface area contributed by atoms with Gasteiger partial charge in [-0.1, -0.05) is 163 Å². The van der Waals surface area contributed by atoms with E-state index in [2.05, 4.69) is 170 Å². The zero-order chi connectivity index (χ0) is 34.2. The molecule has 0 N–H and O–H groups in total. The number of benzene rings is 7. The number of hydrogen-bond donors (Lipinski definition) is 0. The summed E-state index contributed by atoms with van der Waals surface area (Å²) in [5.74, 6) is 0.188. The summed E-state index contributed by atoms with van der Waals surface area (Å²) >= 11 is 3.79. The molecule has 1 unspecified atom stereocenters. The van der Waals surface area contributed by atoms with Crippen LogP contribution in [0.5, 0.6) is 0 Å². The van der Waals surface area contributed by atoms with E-state index in [0.29, 0.717) is 0 Å². The van der Waals surface area contributed by atoms with Crippen molar-refractivity contribution >= 4 is 23.5 Å². The molecule has 52 heavy (non-hydrogen) atoms. The minimum Gasteiger partial charge on any atom is -0.256 e. The SMILES string of the molecule is c1ccc(C2c3ccccc3-c3c(-c4cccc5c4C4(c6ccccc6Sc6ccccc64)c4ccc(-c6ccccn6)cc4S5)cccc32)cc1. The van der Waals surface area contributed by atoms with E-state index < -0.39 is 5.41 Å². The maximum atomic E-state index is 4.74. The van der Waals surface area contributed by atoms with Gasteiger partial charge in [0.25, 0.3) is 0 Å². The van der Waals surface area contributed by atoms with Crippen molar-refractivity contribution in [3.05, 3.63) is 221 Å². The van der Waals surface area contributed by atoms with Crippen LogP contribution in [0.3, 0.4) is 0 Å². The summed E-state index contributed by atoms with van der Waals surface area (Å²) in [5.41, 5.74) is 16.3. The second-order valence-corrected chi connectivity index (χ2v) is 15.9. The third-order valence-corrected chi connectivity index (χ3v) is 13.4. The lowest BCUT2D eigenvalue weighted by molar-refractivity contribution is 0.669. The quantitative estimate of drug-likeness (QED) is 0.182. The normalized spacial score (nSPS) is 15.5. The molecule has 1 spiro atoms. The van der Waals surface area contributed by atoms with Gasteiger partial charge in [0, 0.05) is 37.3 Å². The highest BCUT2D eigenvalue weighted by atomic mass is 32.2. The van der Waals surface area contributed by atoms with Crippen LogP contribution in [0, 0.1) is 0 Å². The van der Waals surface area contributed by atoms with Crippen LogP contribution < -0.4 is 0 Å². The maximum Gasteiger partial charge on any atom is 0.0751 e. The van der Waals surface area contributed by atoms with Gasteiger partial charge < -0.3 is 0 Å². The lowest BCUT2D eigenvalue weighted by atomic mass is 9.62. The van der Waals surface area contributed by atoms with Gasteiger partial charge in [-0.15, -0.1) is 0 Å². The fourth-order valence-electron chi connectivity index (χ4n) is 9.13. The molecule has 244 valence electrons. The van der Waals surface area contributed by atoms with Crippen molar-refractivity contribution in [1.29, 1.82) is 0 Å². The lowest BCUT2D eigenvalue weighted by Gasteiger charge is -2.46. The molecule has 1 aliphatic carbocycles. The van der Waals surface area contributed by atoms with E-state index in [4.69, 9.17) is 4.98 Å². The zero-order valence-corrected chi connectivity index (χ0v) is 29.8. The van der Waals surface area contributed by atoms with Gasteiger partial charge in [-0.3, -0.25) is 4.98 Å². The number of hydrogen-bond acceptors (Lipinski definition) is 3. The molecule has 2 aliphatic heterocycles. The first-order valence-electron chi connectivity index (χ1n) is 17.8. The summed E-state index contributed by atoms with van der Waals surface area (Å²) in [7, 11) is 0. The fourth-order valence-corrected chi connectivity index (χ4v) is 11.6. The highest BCUT2D eigenvalue weighted by Crippen LogP contribution is 2.64. The minimum absolute atomic E-state index is 0.188. The highest BCUT2D eigenvalue weighted by Gasteiger charge is 2.50. The third kappa shape index (κ3) is 4.24. The van der Waals surface area contributed by atoms with Crippen LogP contribution in [0.15, 0.2) is 202 Å². The smallest absolute Gasteiger partial charge is 0.0751 e. The van der Waals surface area contributed by atoms with Crippen LogP contribution in [-0.2, 0) is 5.41 Å². The molecule has 3 heteroatoms. The predicted molar refractivity (Wildman–Crippen MR) is 214 cm³/mol. The van der Waals surface area contributed by atoms with Crippen LogP contribution in [0.25, 0.3) is 33.5 Å². The summed E-state index contributed by atoms with van der Waals surface area (Å²) in [6.45, 7) is 0. The molecule has 3 aliphatic rings. The summed E-state index contributed by atoms with van der Waals surface area (Å²) in [4.78, 5) is 9.92. The molecule has 1 atom stereocenters. The zero-order valence-electron chi connectivity index (χ0n) is 28.2. The molecule has 0 fully saturated rings. The molecule has 8 aromatic rings. The van der Waals surface area contributed by atoms with E-state index >= 15 is 0 Å². The van der Waals surface area contributed by atoms with E-state index in [1.54, 1.807) is 0 Å². The maximum absolute atomic E-state index is 4.74. The Labute approximate surface area is 312 Å². The van der Waals surface area contributed by atoms with Gasteiger partial charge in [0.2, 0.25) is 0 Å². The fraction of sp³-hybridized carbons (Fsp3) is 0.0408. The summed E-state index contributed by atoms with van der Waals surface area (Å²) in [6, 6.07) is 65.5. The van der Waals surface area contributed by atoms with E-state index in [-0.39, 0.29) is 5.92 Å². The molecule has 0 saturated heterocycles. The average molecular weight is 698 g/mol. The van der Waals surface area contributed by atoms with Gasteiger partial charge in [0.15, 0.2) is 0 Å². The molecular formula is C49H31NS2. The van der Waals surface area contributed by atoms with E-state index in [9.17, 15) is 0 Å². The van der Waals surface area contributed by atoms with Crippen LogP contribution in [-0.4, -0.2) is 4.98 Å². The van der Waals surface area contributed by atoms with Crippen molar-refractivity contribution in [2.75, 3.05) is 0 Å². The summed E-state index contributed by atoms with van der Waals surface area (Å²) in [6.07, 6.45) is 1.88. The van der Waals surface area contributed by atoms with E-state index in [0.717, 1.165) is 11.3 Å². The Bertz CT molecular complexity index is 2650. The first-order valence-corrected chi connectivity index (χ1v) is 19.5. The Morgan fingerprint density at radius 2 is 1.06 bits per heavy atom. The summed E-state index contributed by atoms with van der Waals surface area (Å²) < 4.78 is 0. The Morgan fingerprint density at radius 1 is 0.442 bits per heavy atom. The third-order valence-electron chi connectivity index (χ3n) is 11.1. The van der Waals surface area contributed by atoms with Gasteiger partial charge in [-0.2, -0.15) is 0 Å². The number of fused-ring (bicyclic) bond motifs is 11. The lowest BCUT2D eigenvalue weighted by Crippen LogP contribution is -2.37. The van der Waals surface area contributed by atoms with Crippen molar-refractivity contribution in [2.24, 2.45) is 0 Å². The Morgan fingerprint density at radius 3 is 1.87 bits per heavy atom. The minimum atomic E-state index is -0.534. The van der Waals surface area contributed by atoms with Crippen molar-refractivity contribution in [3.63, 3.8) is 0 Å². The van der Waals surface area contributed by atoms with Crippen LogP contribution in [0.4, 0.5) is 0 Å².